The van der Waals surface area contributed by atoms with E-state index in [1.54, 1.807) is 22.9 Å². The van der Waals surface area contributed by atoms with E-state index in [0.717, 1.165) is 0 Å². The van der Waals surface area contributed by atoms with E-state index >= 15 is 0 Å². The monoisotopic (exact) mass is 172 g/mol. The molecule has 2 rings (SSSR count). The average Bonchev–Trinajstić information content (AvgIpc) is 2.41. The fraction of sp³-hybridized carbons (Fsp3) is 0. The van der Waals surface area contributed by atoms with Gasteiger partial charge < -0.3 is 9.11 Å². The zero-order valence-corrected chi connectivity index (χ0v) is 6.58. The molecular formula is C6H4O2S2. The minimum Gasteiger partial charge on any atom is -0.590 e. The molecule has 0 saturated heterocycles. The third kappa shape index (κ3) is 0.705. The SMILES string of the molecule is [O-][s+]1ccc2c1cc[s+]2[O-]. The predicted octanol–water partition coefficient (Wildman–Crippen LogP) is 2.29. The van der Waals surface area contributed by atoms with E-state index in [-0.39, 0.29) is 0 Å². The van der Waals surface area contributed by atoms with Gasteiger partial charge in [0.2, 0.25) is 9.40 Å². The first-order chi connectivity index (χ1) is 4.79. The summed E-state index contributed by atoms with van der Waals surface area (Å²) in [6.45, 7) is 0. The van der Waals surface area contributed by atoms with Crippen LogP contribution >= 0.6 is 21.5 Å². The van der Waals surface area contributed by atoms with Gasteiger partial charge in [0.05, 0.1) is 12.1 Å². The van der Waals surface area contributed by atoms with Crippen LogP contribution in [0.25, 0.3) is 9.40 Å². The molecule has 0 spiro atoms. The van der Waals surface area contributed by atoms with E-state index in [1.807, 2.05) is 0 Å². The Morgan fingerprint density at radius 3 is 1.70 bits per heavy atom. The second-order valence-corrected chi connectivity index (χ2v) is 4.54. The molecule has 0 fully saturated rings. The molecule has 0 aromatic carbocycles. The fourth-order valence-electron chi connectivity index (χ4n) is 0.890. The van der Waals surface area contributed by atoms with Gasteiger partial charge in [-0.1, -0.05) is 0 Å². The first kappa shape index (κ1) is 6.30. The van der Waals surface area contributed by atoms with E-state index in [9.17, 15) is 9.11 Å². The maximum Gasteiger partial charge on any atom is 0.236 e. The lowest BCUT2D eigenvalue weighted by atomic mass is 10.5. The highest BCUT2D eigenvalue weighted by molar-refractivity contribution is 7.38. The normalized spacial score (nSPS) is 14.6. The summed E-state index contributed by atoms with van der Waals surface area (Å²) < 4.78 is 23.4. The van der Waals surface area contributed by atoms with Gasteiger partial charge in [0.1, 0.15) is 10.8 Å². The number of rotatable bonds is 0. The van der Waals surface area contributed by atoms with Crippen LogP contribution in [0.1, 0.15) is 0 Å². The standard InChI is InChI=1S/C6H4O2S2/c7-9-3-1-5-6(9)2-4-10(5)8/h1-4H. The van der Waals surface area contributed by atoms with Crippen LogP contribution in [-0.2, 0) is 0 Å². The van der Waals surface area contributed by atoms with Gasteiger partial charge in [-0.2, -0.15) is 0 Å². The van der Waals surface area contributed by atoms with Crippen molar-refractivity contribution < 1.29 is 9.11 Å². The van der Waals surface area contributed by atoms with Crippen molar-refractivity contribution in [3.63, 3.8) is 0 Å². The topological polar surface area (TPSA) is 46.1 Å². The van der Waals surface area contributed by atoms with Gasteiger partial charge in [-0.05, 0) is 21.5 Å². The first-order valence-corrected chi connectivity index (χ1v) is 5.13. The number of hydrogen-bond acceptors (Lipinski definition) is 2. The highest BCUT2D eigenvalue weighted by Gasteiger charge is 2.13. The molecule has 2 heterocycles. The zero-order valence-electron chi connectivity index (χ0n) is 4.94. The molecule has 2 nitrogen and oxygen atoms in total. The summed E-state index contributed by atoms with van der Waals surface area (Å²) in [4.78, 5) is 0. The largest absolute Gasteiger partial charge is 0.590 e. The van der Waals surface area contributed by atoms with Crippen LogP contribution in [0.3, 0.4) is 0 Å². The molecule has 4 heteroatoms. The molecule has 0 radical (unpaired) electrons. The van der Waals surface area contributed by atoms with Crippen molar-refractivity contribution in [2.24, 2.45) is 0 Å². The predicted molar refractivity (Wildman–Crippen MR) is 41.3 cm³/mol. The van der Waals surface area contributed by atoms with E-state index in [2.05, 4.69) is 0 Å². The Bertz CT molecular complexity index is 325. The Kier molecular flexibility index (Phi) is 1.28. The van der Waals surface area contributed by atoms with Crippen LogP contribution < -0.4 is 0 Å². The summed E-state index contributed by atoms with van der Waals surface area (Å²) in [6, 6.07) is 3.34. The molecule has 0 aliphatic heterocycles. The Morgan fingerprint density at radius 1 is 0.900 bits per heavy atom. The molecular weight excluding hydrogens is 168 g/mol. The van der Waals surface area contributed by atoms with Gasteiger partial charge in [-0.15, -0.1) is 0 Å². The fourth-order valence-corrected chi connectivity index (χ4v) is 3.31. The molecule has 10 heavy (non-hydrogen) atoms. The molecule has 0 saturated carbocycles. The zero-order chi connectivity index (χ0) is 7.14. The van der Waals surface area contributed by atoms with Crippen LogP contribution in [0.15, 0.2) is 22.9 Å². The number of fused-ring (bicyclic) bond motifs is 1. The summed E-state index contributed by atoms with van der Waals surface area (Å²) in [7, 11) is -2.06. The third-order valence-electron chi connectivity index (χ3n) is 1.36. The summed E-state index contributed by atoms with van der Waals surface area (Å²) in [5.74, 6) is 0. The minimum absolute atomic E-state index is 0.707. The lowest BCUT2D eigenvalue weighted by molar-refractivity contribution is 0.599. The van der Waals surface area contributed by atoms with Gasteiger partial charge in [0.25, 0.3) is 0 Å². The molecule has 2 atom stereocenters. The smallest absolute Gasteiger partial charge is 0.236 e. The summed E-state index contributed by atoms with van der Waals surface area (Å²) in [5.41, 5.74) is 0. The molecule has 52 valence electrons. The van der Waals surface area contributed by atoms with Crippen molar-refractivity contribution in [1.29, 1.82) is 0 Å². The van der Waals surface area contributed by atoms with Crippen molar-refractivity contribution in [3.05, 3.63) is 22.9 Å². The maximum atomic E-state index is 11.0. The van der Waals surface area contributed by atoms with E-state index in [4.69, 9.17) is 0 Å². The van der Waals surface area contributed by atoms with E-state index in [0.29, 0.717) is 9.40 Å². The van der Waals surface area contributed by atoms with Crippen LogP contribution in [0.5, 0.6) is 0 Å². The lowest BCUT2D eigenvalue weighted by Crippen LogP contribution is -1.49. The maximum absolute atomic E-state index is 11.0. The Morgan fingerprint density at radius 2 is 1.30 bits per heavy atom. The van der Waals surface area contributed by atoms with Crippen LogP contribution in [-0.4, -0.2) is 9.11 Å². The molecule has 0 aliphatic carbocycles. The third-order valence-corrected chi connectivity index (χ3v) is 3.84. The van der Waals surface area contributed by atoms with Crippen molar-refractivity contribution in [2.45, 2.75) is 0 Å². The van der Waals surface area contributed by atoms with Gasteiger partial charge in [0.15, 0.2) is 0 Å². The minimum atomic E-state index is -1.03. The summed E-state index contributed by atoms with van der Waals surface area (Å²) in [5, 5.41) is 3.12. The number of thiophene rings is 2. The molecule has 0 aliphatic rings. The van der Waals surface area contributed by atoms with Crippen LogP contribution in [0.4, 0.5) is 0 Å². The Labute approximate surface area is 63.3 Å². The molecule has 2 unspecified atom stereocenters. The highest BCUT2D eigenvalue weighted by Crippen LogP contribution is 2.36. The van der Waals surface area contributed by atoms with Gasteiger partial charge in [0, 0.05) is 0 Å². The summed E-state index contributed by atoms with van der Waals surface area (Å²) >= 11 is 0. The van der Waals surface area contributed by atoms with E-state index in [1.165, 1.54) is 0 Å². The van der Waals surface area contributed by atoms with Crippen molar-refractivity contribution in [1.82, 2.24) is 0 Å². The quantitative estimate of drug-likeness (QED) is 0.572. The van der Waals surface area contributed by atoms with Gasteiger partial charge >= 0.3 is 0 Å². The lowest BCUT2D eigenvalue weighted by Gasteiger charge is -1.80. The molecule has 0 N–H and O–H groups in total. The molecule has 2 aromatic rings. The molecule has 0 amide bonds. The Hall–Kier alpha value is -0.420. The van der Waals surface area contributed by atoms with Gasteiger partial charge in [-0.25, -0.2) is 0 Å². The molecule has 0 bridgehead atoms. The van der Waals surface area contributed by atoms with E-state index < -0.39 is 21.5 Å². The van der Waals surface area contributed by atoms with Crippen LogP contribution in [0.2, 0.25) is 0 Å². The number of hydrogen-bond donors (Lipinski definition) is 0. The first-order valence-electron chi connectivity index (χ1n) is 2.71. The van der Waals surface area contributed by atoms with Crippen molar-refractivity contribution in [2.75, 3.05) is 0 Å². The van der Waals surface area contributed by atoms with Crippen molar-refractivity contribution >= 4 is 30.9 Å². The average molecular weight is 172 g/mol. The van der Waals surface area contributed by atoms with Crippen LogP contribution in [0, 0.1) is 0 Å². The van der Waals surface area contributed by atoms with Crippen molar-refractivity contribution in [3.8, 4) is 0 Å². The second kappa shape index (κ2) is 2.03. The summed E-state index contributed by atoms with van der Waals surface area (Å²) in [6.07, 6.45) is 0. The highest BCUT2D eigenvalue weighted by atomic mass is 32.2. The van der Waals surface area contributed by atoms with Gasteiger partial charge in [-0.3, -0.25) is 0 Å². The second-order valence-electron chi connectivity index (χ2n) is 1.93. The Balaban J connectivity index is 2.95. The molecule has 2 aromatic heterocycles.